The number of rotatable bonds is 4. The molecule has 60 valence electrons. The van der Waals surface area contributed by atoms with Crippen molar-refractivity contribution in [2.45, 2.75) is 13.8 Å². The Kier molecular flexibility index (Phi) is 4.99. The van der Waals surface area contributed by atoms with E-state index < -0.39 is 0 Å². The predicted octanol–water partition coefficient (Wildman–Crippen LogP) is 2.24. The van der Waals surface area contributed by atoms with Gasteiger partial charge in [0.1, 0.15) is 6.67 Å². The van der Waals surface area contributed by atoms with Crippen molar-refractivity contribution in [1.29, 1.82) is 0 Å². The Morgan fingerprint density at radius 2 is 1.45 bits per heavy atom. The Bertz CT molecular complexity index is 178. The van der Waals surface area contributed by atoms with Crippen LogP contribution in [0.4, 0.5) is 0 Å². The summed E-state index contributed by atoms with van der Waals surface area (Å²) in [5, 5.41) is 0. The van der Waals surface area contributed by atoms with Crippen LogP contribution in [-0.2, 0) is 0 Å². The third-order valence-electron chi connectivity index (χ3n) is 1.23. The average Bonchev–Trinajstić information content (AvgIpc) is 2.04. The van der Waals surface area contributed by atoms with Crippen molar-refractivity contribution >= 4 is 11.4 Å². The van der Waals surface area contributed by atoms with Crippen LogP contribution in [0.25, 0.3) is 0 Å². The molecule has 0 aromatic rings. The summed E-state index contributed by atoms with van der Waals surface area (Å²) in [4.78, 5) is 8.19. The molecule has 0 fully saturated rings. The molecule has 0 aromatic carbocycles. The first-order chi connectivity index (χ1) is 5.20. The molecule has 0 unspecified atom stereocenters. The van der Waals surface area contributed by atoms with Crippen LogP contribution >= 0.6 is 0 Å². The van der Waals surface area contributed by atoms with Gasteiger partial charge in [0.05, 0.1) is 0 Å². The van der Waals surface area contributed by atoms with Crippen LogP contribution in [0.15, 0.2) is 35.3 Å². The maximum Gasteiger partial charge on any atom is 0.129 e. The Morgan fingerprint density at radius 1 is 1.09 bits per heavy atom. The predicted molar refractivity (Wildman–Crippen MR) is 51.5 cm³/mol. The molecular weight excluding hydrogens is 136 g/mol. The Balaban J connectivity index is 3.89. The number of hydrogen-bond donors (Lipinski definition) is 0. The zero-order chi connectivity index (χ0) is 8.69. The monoisotopic (exact) mass is 150 g/mol. The van der Waals surface area contributed by atoms with Gasteiger partial charge in [0.2, 0.25) is 0 Å². The van der Waals surface area contributed by atoms with E-state index in [9.17, 15) is 0 Å². The van der Waals surface area contributed by atoms with Crippen molar-refractivity contribution in [1.82, 2.24) is 0 Å². The van der Waals surface area contributed by atoms with Gasteiger partial charge in [-0.3, -0.25) is 9.98 Å². The summed E-state index contributed by atoms with van der Waals surface area (Å²) in [7, 11) is 0. The van der Waals surface area contributed by atoms with E-state index in [-0.39, 0.29) is 0 Å². The number of nitrogens with zero attached hydrogens (tertiary/aromatic N) is 2. The molecule has 2 heteroatoms. The Hall–Kier alpha value is -1.18. The number of aliphatic imine (C=N–C) groups is 2. The van der Waals surface area contributed by atoms with Gasteiger partial charge >= 0.3 is 0 Å². The molecule has 2 nitrogen and oxygen atoms in total. The highest BCUT2D eigenvalue weighted by molar-refractivity contribution is 5.93. The summed E-state index contributed by atoms with van der Waals surface area (Å²) in [5.41, 5.74) is 1.82. The Labute approximate surface area is 68.1 Å². The van der Waals surface area contributed by atoms with Gasteiger partial charge in [0, 0.05) is 11.4 Å². The lowest BCUT2D eigenvalue weighted by Crippen LogP contribution is -1.89. The fourth-order valence-electron chi connectivity index (χ4n) is 0.388. The van der Waals surface area contributed by atoms with Gasteiger partial charge < -0.3 is 0 Å². The lowest BCUT2D eigenvalue weighted by atomic mass is 10.4. The molecule has 0 heterocycles. The molecule has 0 rings (SSSR count). The van der Waals surface area contributed by atoms with E-state index in [1.54, 1.807) is 12.2 Å². The number of hydrogen-bond acceptors (Lipinski definition) is 2. The molecule has 0 aromatic heterocycles. The normalized spacial score (nSPS) is 12.9. The molecule has 0 aliphatic rings. The molecule has 0 N–H and O–H groups in total. The molecule has 0 aliphatic carbocycles. The topological polar surface area (TPSA) is 24.7 Å². The molecule has 0 spiro atoms. The molecular formula is C9H14N2. The molecule has 0 aliphatic heterocycles. The van der Waals surface area contributed by atoms with Crippen LogP contribution in [0.3, 0.4) is 0 Å². The second kappa shape index (κ2) is 5.59. The fourth-order valence-corrected chi connectivity index (χ4v) is 0.388. The Morgan fingerprint density at radius 3 is 1.73 bits per heavy atom. The third-order valence-corrected chi connectivity index (χ3v) is 1.23. The minimum absolute atomic E-state index is 0.468. The maximum atomic E-state index is 4.09. The van der Waals surface area contributed by atoms with E-state index in [0.717, 1.165) is 11.4 Å². The van der Waals surface area contributed by atoms with Crippen molar-refractivity contribution in [3.8, 4) is 0 Å². The van der Waals surface area contributed by atoms with Crippen molar-refractivity contribution in [3.63, 3.8) is 0 Å². The summed E-state index contributed by atoms with van der Waals surface area (Å²) in [6, 6.07) is 0. The first-order valence-corrected chi connectivity index (χ1v) is 3.47. The second-order valence-electron chi connectivity index (χ2n) is 2.15. The van der Waals surface area contributed by atoms with E-state index in [1.165, 1.54) is 0 Å². The van der Waals surface area contributed by atoms with Gasteiger partial charge in [-0.1, -0.05) is 13.2 Å². The third kappa shape index (κ3) is 5.27. The summed E-state index contributed by atoms with van der Waals surface area (Å²) in [6.07, 6.45) is 3.41. The highest BCUT2D eigenvalue weighted by atomic mass is 14.9. The SMILES string of the molecule is C=CC(C)=NCN=C(C)C=C. The van der Waals surface area contributed by atoms with Gasteiger partial charge in [-0.25, -0.2) is 0 Å². The van der Waals surface area contributed by atoms with E-state index in [0.29, 0.717) is 6.67 Å². The van der Waals surface area contributed by atoms with E-state index in [2.05, 4.69) is 23.1 Å². The van der Waals surface area contributed by atoms with Crippen LogP contribution in [0, 0.1) is 0 Å². The first kappa shape index (κ1) is 9.82. The lowest BCUT2D eigenvalue weighted by molar-refractivity contribution is 1.07. The van der Waals surface area contributed by atoms with Crippen LogP contribution < -0.4 is 0 Å². The molecule has 0 bridgehead atoms. The van der Waals surface area contributed by atoms with E-state index in [4.69, 9.17) is 0 Å². The summed E-state index contributed by atoms with van der Waals surface area (Å²) >= 11 is 0. The lowest BCUT2D eigenvalue weighted by Gasteiger charge is -1.90. The van der Waals surface area contributed by atoms with Crippen molar-refractivity contribution < 1.29 is 0 Å². The molecule has 11 heavy (non-hydrogen) atoms. The summed E-state index contributed by atoms with van der Waals surface area (Å²) in [6.45, 7) is 11.4. The van der Waals surface area contributed by atoms with E-state index in [1.807, 2.05) is 13.8 Å². The minimum atomic E-state index is 0.468. The molecule has 0 saturated carbocycles. The quantitative estimate of drug-likeness (QED) is 0.549. The molecule has 0 atom stereocenters. The summed E-state index contributed by atoms with van der Waals surface area (Å²) < 4.78 is 0. The van der Waals surface area contributed by atoms with Crippen molar-refractivity contribution in [2.24, 2.45) is 9.98 Å². The highest BCUT2D eigenvalue weighted by Gasteiger charge is 1.80. The van der Waals surface area contributed by atoms with Gasteiger partial charge in [0.15, 0.2) is 0 Å². The van der Waals surface area contributed by atoms with Crippen molar-refractivity contribution in [2.75, 3.05) is 6.67 Å². The molecule has 0 amide bonds. The van der Waals surface area contributed by atoms with E-state index >= 15 is 0 Å². The first-order valence-electron chi connectivity index (χ1n) is 3.47. The van der Waals surface area contributed by atoms with Crippen LogP contribution in [0.2, 0.25) is 0 Å². The van der Waals surface area contributed by atoms with Gasteiger partial charge in [0.25, 0.3) is 0 Å². The number of allylic oxidation sites excluding steroid dienone is 2. The van der Waals surface area contributed by atoms with Crippen molar-refractivity contribution in [3.05, 3.63) is 25.3 Å². The molecule has 0 radical (unpaired) electrons. The minimum Gasteiger partial charge on any atom is -0.267 e. The molecule has 0 saturated heterocycles. The van der Waals surface area contributed by atoms with Crippen LogP contribution in [0.1, 0.15) is 13.8 Å². The zero-order valence-corrected chi connectivity index (χ0v) is 7.17. The largest absolute Gasteiger partial charge is 0.267 e. The van der Waals surface area contributed by atoms with Gasteiger partial charge in [-0.15, -0.1) is 0 Å². The van der Waals surface area contributed by atoms with Gasteiger partial charge in [-0.05, 0) is 26.0 Å². The standard InChI is InChI=1S/C9H14N2/c1-5-8(3)10-7-11-9(4)6-2/h5-6H,1-2,7H2,3-4H3. The maximum absolute atomic E-state index is 4.09. The average molecular weight is 150 g/mol. The smallest absolute Gasteiger partial charge is 0.129 e. The van der Waals surface area contributed by atoms with Gasteiger partial charge in [-0.2, -0.15) is 0 Å². The highest BCUT2D eigenvalue weighted by Crippen LogP contribution is 1.83. The van der Waals surface area contributed by atoms with Crippen LogP contribution in [0.5, 0.6) is 0 Å². The zero-order valence-electron chi connectivity index (χ0n) is 7.17. The van der Waals surface area contributed by atoms with Crippen LogP contribution in [-0.4, -0.2) is 18.1 Å². The second-order valence-corrected chi connectivity index (χ2v) is 2.15. The summed E-state index contributed by atoms with van der Waals surface area (Å²) in [5.74, 6) is 0. The fraction of sp³-hybridized carbons (Fsp3) is 0.333.